The topological polar surface area (TPSA) is 75.6 Å². The lowest BCUT2D eigenvalue weighted by Crippen LogP contribution is -2.39. The largest absolute Gasteiger partial charge is 0.491 e. The van der Waals surface area contributed by atoms with Crippen LogP contribution in [0.1, 0.15) is 12.5 Å². The molecule has 2 unspecified atom stereocenters. The summed E-state index contributed by atoms with van der Waals surface area (Å²) in [6.45, 7) is 4.18. The number of sulfone groups is 1. The van der Waals surface area contributed by atoms with Gasteiger partial charge >= 0.3 is 0 Å². The molecule has 1 rings (SSSR count). The van der Waals surface area contributed by atoms with Gasteiger partial charge in [0.05, 0.1) is 5.75 Å². The van der Waals surface area contributed by atoms with Gasteiger partial charge < -0.3 is 15.2 Å². The zero-order chi connectivity index (χ0) is 15.2. The van der Waals surface area contributed by atoms with Crippen LogP contribution in [-0.4, -0.2) is 50.8 Å². The highest BCUT2D eigenvalue weighted by Gasteiger charge is 2.12. The number of hydrogen-bond acceptors (Lipinski definition) is 5. The van der Waals surface area contributed by atoms with Crippen LogP contribution in [0.2, 0.25) is 0 Å². The summed E-state index contributed by atoms with van der Waals surface area (Å²) in [6.07, 6.45) is 0.514. The Kier molecular flexibility index (Phi) is 6.45. The Bertz CT molecular complexity index is 516. The number of rotatable bonds is 8. The second-order valence-electron chi connectivity index (χ2n) is 5.13. The normalized spacial score (nSPS) is 14.8. The number of para-hydroxylation sites is 1. The number of benzene rings is 1. The molecule has 114 valence electrons. The maximum atomic E-state index is 11.1. The molecule has 6 heteroatoms. The summed E-state index contributed by atoms with van der Waals surface area (Å²) < 4.78 is 27.7. The third-order valence-electron chi connectivity index (χ3n) is 2.78. The van der Waals surface area contributed by atoms with Gasteiger partial charge in [0.25, 0.3) is 0 Å². The van der Waals surface area contributed by atoms with Crippen molar-refractivity contribution in [1.82, 2.24) is 5.32 Å². The van der Waals surface area contributed by atoms with E-state index in [0.717, 1.165) is 11.3 Å². The molecule has 1 aromatic carbocycles. The molecule has 0 aliphatic heterocycles. The van der Waals surface area contributed by atoms with Gasteiger partial charge in [-0.1, -0.05) is 18.2 Å². The smallest absolute Gasteiger partial charge is 0.148 e. The second kappa shape index (κ2) is 7.61. The Morgan fingerprint density at radius 3 is 2.60 bits per heavy atom. The summed E-state index contributed by atoms with van der Waals surface area (Å²) in [5.74, 6) is 0.800. The molecule has 0 spiro atoms. The number of ether oxygens (including phenoxy) is 1. The average molecular weight is 301 g/mol. The third-order valence-corrected chi connectivity index (χ3v) is 3.89. The molecule has 0 heterocycles. The molecule has 20 heavy (non-hydrogen) atoms. The minimum Gasteiger partial charge on any atom is -0.491 e. The molecular weight excluding hydrogens is 278 g/mol. The van der Waals surface area contributed by atoms with Crippen LogP contribution in [-0.2, 0) is 9.84 Å². The van der Waals surface area contributed by atoms with Crippen molar-refractivity contribution in [3.8, 4) is 5.75 Å². The first-order chi connectivity index (χ1) is 9.28. The molecule has 5 nitrogen and oxygen atoms in total. The molecule has 0 amide bonds. The van der Waals surface area contributed by atoms with E-state index in [0.29, 0.717) is 6.54 Å². The SMILES string of the molecule is Cc1ccccc1OCC(O)CNC(C)CS(C)(=O)=O. The summed E-state index contributed by atoms with van der Waals surface area (Å²) in [5.41, 5.74) is 1.01. The molecule has 0 saturated heterocycles. The van der Waals surface area contributed by atoms with Crippen molar-refractivity contribution < 1.29 is 18.3 Å². The van der Waals surface area contributed by atoms with E-state index in [2.05, 4.69) is 5.32 Å². The van der Waals surface area contributed by atoms with Crippen molar-refractivity contribution in [2.45, 2.75) is 26.0 Å². The molecular formula is C14H23NO4S. The Morgan fingerprint density at radius 1 is 1.35 bits per heavy atom. The number of aryl methyl sites for hydroxylation is 1. The van der Waals surface area contributed by atoms with E-state index in [1.807, 2.05) is 31.2 Å². The van der Waals surface area contributed by atoms with E-state index < -0.39 is 15.9 Å². The third kappa shape index (κ3) is 6.88. The van der Waals surface area contributed by atoms with Crippen LogP contribution >= 0.6 is 0 Å². The molecule has 2 N–H and O–H groups in total. The average Bonchev–Trinajstić information content (AvgIpc) is 2.33. The number of aliphatic hydroxyl groups is 1. The number of hydrogen-bond donors (Lipinski definition) is 2. The molecule has 0 fully saturated rings. The summed E-state index contributed by atoms with van der Waals surface area (Å²) in [7, 11) is -3.01. The quantitative estimate of drug-likeness (QED) is 0.741. The predicted octanol–water partition coefficient (Wildman–Crippen LogP) is 0.757. The standard InChI is InChI=1S/C14H23NO4S/c1-11-6-4-5-7-14(11)19-9-13(16)8-15-12(2)10-20(3,17)18/h4-7,12-13,15-16H,8-10H2,1-3H3. The van der Waals surface area contributed by atoms with Crippen LogP contribution in [0.5, 0.6) is 5.75 Å². The van der Waals surface area contributed by atoms with Gasteiger partial charge in [-0.05, 0) is 25.5 Å². The van der Waals surface area contributed by atoms with Crippen molar-refractivity contribution in [3.05, 3.63) is 29.8 Å². The van der Waals surface area contributed by atoms with Gasteiger partial charge in [-0.3, -0.25) is 0 Å². The fraction of sp³-hybridized carbons (Fsp3) is 0.571. The highest BCUT2D eigenvalue weighted by Crippen LogP contribution is 2.16. The minimum absolute atomic E-state index is 0.0539. The maximum Gasteiger partial charge on any atom is 0.148 e. The van der Waals surface area contributed by atoms with Gasteiger partial charge in [0.15, 0.2) is 0 Å². The first-order valence-electron chi connectivity index (χ1n) is 6.55. The lowest BCUT2D eigenvalue weighted by atomic mass is 10.2. The minimum atomic E-state index is -3.01. The predicted molar refractivity (Wildman–Crippen MR) is 79.9 cm³/mol. The van der Waals surface area contributed by atoms with Gasteiger partial charge in [0.1, 0.15) is 28.3 Å². The molecule has 0 aliphatic rings. The second-order valence-corrected chi connectivity index (χ2v) is 7.32. The van der Waals surface area contributed by atoms with Crippen LogP contribution in [0.3, 0.4) is 0 Å². The first kappa shape index (κ1) is 16.9. The summed E-state index contributed by atoms with van der Waals surface area (Å²) in [6, 6.07) is 7.39. The monoisotopic (exact) mass is 301 g/mol. The Hall–Kier alpha value is -1.11. The van der Waals surface area contributed by atoms with E-state index in [1.165, 1.54) is 6.26 Å². The van der Waals surface area contributed by atoms with Crippen molar-refractivity contribution in [3.63, 3.8) is 0 Å². The lowest BCUT2D eigenvalue weighted by molar-refractivity contribution is 0.104. The summed E-state index contributed by atoms with van der Waals surface area (Å²) >= 11 is 0. The van der Waals surface area contributed by atoms with Crippen LogP contribution in [0.25, 0.3) is 0 Å². The van der Waals surface area contributed by atoms with Crippen molar-refractivity contribution in [2.75, 3.05) is 25.2 Å². The van der Waals surface area contributed by atoms with Crippen LogP contribution < -0.4 is 10.1 Å². The lowest BCUT2D eigenvalue weighted by Gasteiger charge is -2.17. The zero-order valence-electron chi connectivity index (χ0n) is 12.2. The summed E-state index contributed by atoms with van der Waals surface area (Å²) in [5, 5.41) is 12.8. The van der Waals surface area contributed by atoms with E-state index in [4.69, 9.17) is 4.74 Å². The van der Waals surface area contributed by atoms with Crippen molar-refractivity contribution in [1.29, 1.82) is 0 Å². The number of nitrogens with one attached hydrogen (secondary N) is 1. The van der Waals surface area contributed by atoms with E-state index in [-0.39, 0.29) is 18.4 Å². The zero-order valence-corrected chi connectivity index (χ0v) is 13.0. The number of aliphatic hydroxyl groups excluding tert-OH is 1. The Balaban J connectivity index is 2.30. The highest BCUT2D eigenvalue weighted by molar-refractivity contribution is 7.90. The van der Waals surface area contributed by atoms with Gasteiger partial charge in [0, 0.05) is 18.8 Å². The van der Waals surface area contributed by atoms with E-state index in [1.54, 1.807) is 6.92 Å². The van der Waals surface area contributed by atoms with E-state index in [9.17, 15) is 13.5 Å². The van der Waals surface area contributed by atoms with Crippen LogP contribution in [0, 0.1) is 6.92 Å². The maximum absolute atomic E-state index is 11.1. The molecule has 1 aromatic rings. The fourth-order valence-corrected chi connectivity index (χ4v) is 2.84. The van der Waals surface area contributed by atoms with Gasteiger partial charge in [-0.2, -0.15) is 0 Å². The summed E-state index contributed by atoms with van der Waals surface area (Å²) in [4.78, 5) is 0. The molecule has 0 saturated carbocycles. The van der Waals surface area contributed by atoms with Crippen LogP contribution in [0.4, 0.5) is 0 Å². The molecule has 2 atom stereocenters. The molecule has 0 aliphatic carbocycles. The van der Waals surface area contributed by atoms with Crippen molar-refractivity contribution >= 4 is 9.84 Å². The Morgan fingerprint density at radius 2 is 2.00 bits per heavy atom. The highest BCUT2D eigenvalue weighted by atomic mass is 32.2. The first-order valence-corrected chi connectivity index (χ1v) is 8.61. The Labute approximate surface area is 120 Å². The molecule has 0 radical (unpaired) electrons. The van der Waals surface area contributed by atoms with Crippen molar-refractivity contribution in [2.24, 2.45) is 0 Å². The fourth-order valence-electron chi connectivity index (χ4n) is 1.81. The van der Waals surface area contributed by atoms with E-state index >= 15 is 0 Å². The molecule has 0 bridgehead atoms. The van der Waals surface area contributed by atoms with Crippen LogP contribution in [0.15, 0.2) is 24.3 Å². The van der Waals surface area contributed by atoms with Gasteiger partial charge in [-0.15, -0.1) is 0 Å². The molecule has 0 aromatic heterocycles. The van der Waals surface area contributed by atoms with Gasteiger partial charge in [-0.25, -0.2) is 8.42 Å². The van der Waals surface area contributed by atoms with Gasteiger partial charge in [0.2, 0.25) is 0 Å².